The Morgan fingerprint density at radius 2 is 1.90 bits per heavy atom. The summed E-state index contributed by atoms with van der Waals surface area (Å²) in [5, 5.41) is 2.88. The predicted molar refractivity (Wildman–Crippen MR) is 79.2 cm³/mol. The standard InChI is InChI=1S/C14H26NO4P/c1-14(2,3)19-13(16)15-12(10-20(17)18-4)11-8-6-5-7-9-11/h11-12H,5-10H2,1-4H3/p+1. The number of amides is 1. The fourth-order valence-corrected chi connectivity index (χ4v) is 3.40. The Labute approximate surface area is 122 Å². The van der Waals surface area contributed by atoms with Crippen LogP contribution in [0.2, 0.25) is 0 Å². The highest BCUT2D eigenvalue weighted by Gasteiger charge is 2.33. The molecule has 0 aromatic rings. The molecular formula is C14H27NO4P+. The normalized spacial score (nSPS) is 19.3. The van der Waals surface area contributed by atoms with Crippen LogP contribution in [0.25, 0.3) is 0 Å². The van der Waals surface area contributed by atoms with Crippen LogP contribution in [0.4, 0.5) is 4.79 Å². The van der Waals surface area contributed by atoms with Crippen molar-refractivity contribution in [2.75, 3.05) is 13.3 Å². The Hall–Kier alpha value is -0.670. The Balaban J connectivity index is 2.61. The van der Waals surface area contributed by atoms with Gasteiger partial charge in [0.15, 0.2) is 6.16 Å². The van der Waals surface area contributed by atoms with Gasteiger partial charge in [0.1, 0.15) is 5.60 Å². The first-order valence-corrected chi connectivity index (χ1v) is 8.66. The lowest BCUT2D eigenvalue weighted by Crippen LogP contribution is -2.45. The molecule has 1 saturated carbocycles. The van der Waals surface area contributed by atoms with Crippen molar-refractivity contribution in [3.05, 3.63) is 0 Å². The third-order valence-electron chi connectivity index (χ3n) is 3.47. The van der Waals surface area contributed by atoms with Crippen molar-refractivity contribution >= 4 is 14.1 Å². The van der Waals surface area contributed by atoms with E-state index in [1.54, 1.807) is 0 Å². The molecule has 20 heavy (non-hydrogen) atoms. The van der Waals surface area contributed by atoms with Crippen LogP contribution >= 0.6 is 8.03 Å². The van der Waals surface area contributed by atoms with Gasteiger partial charge in [-0.3, -0.25) is 0 Å². The van der Waals surface area contributed by atoms with E-state index in [-0.39, 0.29) is 6.04 Å². The summed E-state index contributed by atoms with van der Waals surface area (Å²) in [7, 11) is -0.292. The zero-order valence-corrected chi connectivity index (χ0v) is 13.9. The number of hydrogen-bond donors (Lipinski definition) is 1. The van der Waals surface area contributed by atoms with Crippen molar-refractivity contribution in [1.82, 2.24) is 5.32 Å². The van der Waals surface area contributed by atoms with Gasteiger partial charge in [0.05, 0.1) is 13.2 Å². The third kappa shape index (κ3) is 6.67. The number of carbonyl (C=O) groups excluding carboxylic acids is 1. The Morgan fingerprint density at radius 3 is 2.40 bits per heavy atom. The van der Waals surface area contributed by atoms with Gasteiger partial charge < -0.3 is 10.1 Å². The summed E-state index contributed by atoms with van der Waals surface area (Å²) in [4.78, 5) is 11.9. The molecule has 0 saturated heterocycles. The summed E-state index contributed by atoms with van der Waals surface area (Å²) < 4.78 is 21.8. The van der Waals surface area contributed by atoms with E-state index in [2.05, 4.69) is 5.32 Å². The van der Waals surface area contributed by atoms with Gasteiger partial charge in [-0.2, -0.15) is 0 Å². The fourth-order valence-electron chi connectivity index (χ4n) is 2.54. The molecule has 1 fully saturated rings. The SMILES string of the molecule is CO[P+](=O)CC(NC(=O)OC(C)(C)C)C1CCCCC1. The number of carbonyl (C=O) groups is 1. The van der Waals surface area contributed by atoms with E-state index in [0.29, 0.717) is 12.1 Å². The molecule has 1 aliphatic rings. The summed E-state index contributed by atoms with van der Waals surface area (Å²) >= 11 is 0. The van der Waals surface area contributed by atoms with Gasteiger partial charge in [0.2, 0.25) is 0 Å². The maximum absolute atomic E-state index is 11.9. The van der Waals surface area contributed by atoms with Crippen LogP contribution in [0.1, 0.15) is 52.9 Å². The summed E-state index contributed by atoms with van der Waals surface area (Å²) in [6.45, 7) is 5.49. The lowest BCUT2D eigenvalue weighted by Gasteiger charge is -2.29. The molecule has 0 aromatic heterocycles. The minimum Gasteiger partial charge on any atom is -0.444 e. The molecule has 2 unspecified atom stereocenters. The summed E-state index contributed by atoms with van der Waals surface area (Å²) in [5.41, 5.74) is -0.523. The highest BCUT2D eigenvalue weighted by molar-refractivity contribution is 7.39. The maximum Gasteiger partial charge on any atom is 0.509 e. The van der Waals surface area contributed by atoms with Crippen LogP contribution in [0.3, 0.4) is 0 Å². The molecule has 0 heterocycles. The molecule has 0 aromatic carbocycles. The molecule has 1 N–H and O–H groups in total. The Morgan fingerprint density at radius 1 is 1.30 bits per heavy atom. The predicted octanol–water partition coefficient (Wildman–Crippen LogP) is 3.85. The minimum absolute atomic E-state index is 0.131. The molecule has 1 rings (SSSR count). The van der Waals surface area contributed by atoms with E-state index >= 15 is 0 Å². The number of ether oxygens (including phenoxy) is 1. The minimum atomic E-state index is -1.73. The number of nitrogens with one attached hydrogen (secondary N) is 1. The highest BCUT2D eigenvalue weighted by Crippen LogP contribution is 2.31. The molecule has 0 bridgehead atoms. The van der Waals surface area contributed by atoms with Crippen LogP contribution in [0.5, 0.6) is 0 Å². The van der Waals surface area contributed by atoms with Gasteiger partial charge in [-0.05, 0) is 44.1 Å². The first-order valence-electron chi connectivity index (χ1n) is 7.30. The van der Waals surface area contributed by atoms with E-state index in [0.717, 1.165) is 12.8 Å². The smallest absolute Gasteiger partial charge is 0.444 e. The largest absolute Gasteiger partial charge is 0.509 e. The zero-order chi connectivity index (χ0) is 15.2. The average Bonchev–Trinajstić information content (AvgIpc) is 2.36. The molecule has 1 aliphatic carbocycles. The summed E-state index contributed by atoms with van der Waals surface area (Å²) in [6.07, 6.45) is 5.62. The highest BCUT2D eigenvalue weighted by atomic mass is 31.1. The van der Waals surface area contributed by atoms with Crippen molar-refractivity contribution in [3.63, 3.8) is 0 Å². The molecule has 0 spiro atoms. The lowest BCUT2D eigenvalue weighted by atomic mass is 9.84. The number of alkyl carbamates (subject to hydrolysis) is 1. The Kier molecular flexibility index (Phi) is 6.90. The number of hydrogen-bond acceptors (Lipinski definition) is 4. The lowest BCUT2D eigenvalue weighted by molar-refractivity contribution is 0.0485. The second kappa shape index (κ2) is 7.94. The van der Waals surface area contributed by atoms with Crippen LogP contribution in [-0.2, 0) is 13.8 Å². The molecule has 116 valence electrons. The summed E-state index contributed by atoms with van der Waals surface area (Å²) in [6, 6.07) is -0.131. The average molecular weight is 304 g/mol. The maximum atomic E-state index is 11.9. The van der Waals surface area contributed by atoms with E-state index in [9.17, 15) is 9.36 Å². The van der Waals surface area contributed by atoms with Crippen LogP contribution < -0.4 is 5.32 Å². The molecule has 6 heteroatoms. The second-order valence-electron chi connectivity index (χ2n) is 6.35. The van der Waals surface area contributed by atoms with E-state index < -0.39 is 19.7 Å². The quantitative estimate of drug-likeness (QED) is 0.784. The van der Waals surface area contributed by atoms with Gasteiger partial charge in [-0.25, -0.2) is 4.79 Å². The first-order chi connectivity index (χ1) is 9.31. The number of rotatable bonds is 5. The second-order valence-corrected chi connectivity index (χ2v) is 7.74. The summed E-state index contributed by atoms with van der Waals surface area (Å²) in [5.74, 6) is 0.366. The first kappa shape index (κ1) is 17.4. The van der Waals surface area contributed by atoms with Crippen molar-refractivity contribution in [2.45, 2.75) is 64.5 Å². The van der Waals surface area contributed by atoms with E-state index in [1.165, 1.54) is 26.4 Å². The third-order valence-corrected chi connectivity index (χ3v) is 4.57. The molecule has 0 aliphatic heterocycles. The topological polar surface area (TPSA) is 64.6 Å². The molecule has 5 nitrogen and oxygen atoms in total. The van der Waals surface area contributed by atoms with Gasteiger partial charge in [0.25, 0.3) is 0 Å². The van der Waals surface area contributed by atoms with Gasteiger partial charge in [-0.15, -0.1) is 4.52 Å². The molecular weight excluding hydrogens is 277 g/mol. The van der Waals surface area contributed by atoms with Crippen molar-refractivity contribution in [2.24, 2.45) is 5.92 Å². The van der Waals surface area contributed by atoms with E-state index in [1.807, 2.05) is 20.8 Å². The molecule has 2 atom stereocenters. The van der Waals surface area contributed by atoms with Crippen molar-refractivity contribution in [1.29, 1.82) is 0 Å². The van der Waals surface area contributed by atoms with Gasteiger partial charge in [0, 0.05) is 0 Å². The zero-order valence-electron chi connectivity index (χ0n) is 13.0. The van der Waals surface area contributed by atoms with Crippen LogP contribution in [-0.4, -0.2) is 31.0 Å². The van der Waals surface area contributed by atoms with Crippen LogP contribution in [0, 0.1) is 5.92 Å². The van der Waals surface area contributed by atoms with E-state index in [4.69, 9.17) is 9.26 Å². The molecule has 1 amide bonds. The fraction of sp³-hybridized carbons (Fsp3) is 0.929. The van der Waals surface area contributed by atoms with Gasteiger partial charge >= 0.3 is 14.1 Å². The van der Waals surface area contributed by atoms with Crippen molar-refractivity contribution in [3.8, 4) is 0 Å². The van der Waals surface area contributed by atoms with Crippen molar-refractivity contribution < 1.29 is 18.6 Å². The van der Waals surface area contributed by atoms with Gasteiger partial charge in [-0.1, -0.05) is 19.3 Å². The Bertz CT molecular complexity index is 335. The molecule has 0 radical (unpaired) electrons. The monoisotopic (exact) mass is 304 g/mol. The van der Waals surface area contributed by atoms with Crippen LogP contribution in [0.15, 0.2) is 0 Å².